The molecule has 88 valence electrons. The van der Waals surface area contributed by atoms with Crippen LogP contribution in [0.1, 0.15) is 19.3 Å². The number of rotatable bonds is 5. The van der Waals surface area contributed by atoms with Crippen LogP contribution in [0.5, 0.6) is 0 Å². The van der Waals surface area contributed by atoms with Crippen molar-refractivity contribution in [2.45, 2.75) is 25.4 Å². The summed E-state index contributed by atoms with van der Waals surface area (Å²) in [6.45, 7) is 2.42. The molecule has 0 fully saturated rings. The van der Waals surface area contributed by atoms with Crippen LogP contribution in [0.25, 0.3) is 0 Å². The van der Waals surface area contributed by atoms with Crippen molar-refractivity contribution in [3.63, 3.8) is 0 Å². The lowest BCUT2D eigenvalue weighted by Gasteiger charge is -2.14. The van der Waals surface area contributed by atoms with Gasteiger partial charge in [0, 0.05) is 19.6 Å². The lowest BCUT2D eigenvalue weighted by atomic mass is 10.1. The Balaban J connectivity index is 1.99. The zero-order valence-electron chi connectivity index (χ0n) is 8.57. The third-order valence-corrected chi connectivity index (χ3v) is 2.19. The van der Waals surface area contributed by atoms with Crippen LogP contribution in [0.15, 0.2) is 11.6 Å². The first-order valence-corrected chi connectivity index (χ1v) is 5.11. The summed E-state index contributed by atoms with van der Waals surface area (Å²) in [4.78, 5) is 0. The van der Waals surface area contributed by atoms with E-state index in [1.165, 1.54) is 5.57 Å². The number of alkyl halides is 3. The normalized spacial score (nSPS) is 17.7. The van der Waals surface area contributed by atoms with Crippen LogP contribution in [-0.4, -0.2) is 32.5 Å². The van der Waals surface area contributed by atoms with Crippen LogP contribution in [0, 0.1) is 0 Å². The number of nitrogens with one attached hydrogen (secondary N) is 1. The maximum Gasteiger partial charge on any atom is 0.389 e. The van der Waals surface area contributed by atoms with Crippen LogP contribution in [0.3, 0.4) is 0 Å². The van der Waals surface area contributed by atoms with Gasteiger partial charge in [-0.05, 0) is 25.0 Å². The topological polar surface area (TPSA) is 21.3 Å². The average molecular weight is 223 g/mol. The molecular weight excluding hydrogens is 207 g/mol. The van der Waals surface area contributed by atoms with Gasteiger partial charge in [0.1, 0.15) is 0 Å². The predicted octanol–water partition coefficient (Wildman–Crippen LogP) is 2.27. The van der Waals surface area contributed by atoms with E-state index in [0.29, 0.717) is 6.61 Å². The number of ether oxygens (including phenoxy) is 1. The van der Waals surface area contributed by atoms with Crippen molar-refractivity contribution in [3.8, 4) is 0 Å². The van der Waals surface area contributed by atoms with E-state index < -0.39 is 12.6 Å². The molecule has 2 nitrogen and oxygen atoms in total. The van der Waals surface area contributed by atoms with Crippen LogP contribution >= 0.6 is 0 Å². The Hall–Kier alpha value is -0.550. The zero-order valence-corrected chi connectivity index (χ0v) is 8.57. The van der Waals surface area contributed by atoms with E-state index in [2.05, 4.69) is 5.32 Å². The molecule has 0 aromatic carbocycles. The van der Waals surface area contributed by atoms with E-state index in [9.17, 15) is 13.2 Å². The molecule has 0 bridgehead atoms. The molecule has 0 atom stereocenters. The van der Waals surface area contributed by atoms with Gasteiger partial charge >= 0.3 is 6.18 Å². The van der Waals surface area contributed by atoms with Gasteiger partial charge in [-0.3, -0.25) is 0 Å². The highest BCUT2D eigenvalue weighted by atomic mass is 19.4. The van der Waals surface area contributed by atoms with E-state index in [4.69, 9.17) is 4.74 Å². The third kappa shape index (κ3) is 6.52. The summed E-state index contributed by atoms with van der Waals surface area (Å²) in [5, 5.41) is 3.16. The molecule has 15 heavy (non-hydrogen) atoms. The monoisotopic (exact) mass is 223 g/mol. The molecule has 1 N–H and O–H groups in total. The van der Waals surface area contributed by atoms with Gasteiger partial charge in [0.05, 0.1) is 6.61 Å². The summed E-state index contributed by atoms with van der Waals surface area (Å²) in [5.41, 5.74) is 1.18. The first-order chi connectivity index (χ1) is 7.08. The summed E-state index contributed by atoms with van der Waals surface area (Å²) < 4.78 is 40.5. The van der Waals surface area contributed by atoms with Crippen molar-refractivity contribution in [2.75, 3.05) is 26.3 Å². The summed E-state index contributed by atoms with van der Waals surface area (Å²) in [6, 6.07) is 0. The second-order valence-electron chi connectivity index (χ2n) is 3.59. The van der Waals surface area contributed by atoms with Crippen molar-refractivity contribution in [3.05, 3.63) is 11.6 Å². The molecule has 1 heterocycles. The Morgan fingerprint density at radius 1 is 1.40 bits per heavy atom. The van der Waals surface area contributed by atoms with Crippen molar-refractivity contribution in [1.29, 1.82) is 0 Å². The van der Waals surface area contributed by atoms with Gasteiger partial charge in [-0.2, -0.15) is 13.2 Å². The summed E-state index contributed by atoms with van der Waals surface area (Å²) >= 11 is 0. The molecular formula is C10H16F3NO. The van der Waals surface area contributed by atoms with Gasteiger partial charge in [0.25, 0.3) is 0 Å². The number of halogens is 3. The molecule has 0 amide bonds. The van der Waals surface area contributed by atoms with Gasteiger partial charge in [-0.1, -0.05) is 6.08 Å². The molecule has 0 unspecified atom stereocenters. The lowest BCUT2D eigenvalue weighted by molar-refractivity contribution is -0.137. The highest BCUT2D eigenvalue weighted by Crippen LogP contribution is 2.21. The molecule has 0 aromatic rings. The second-order valence-corrected chi connectivity index (χ2v) is 3.59. The molecule has 0 radical (unpaired) electrons. The minimum Gasteiger partial charge on any atom is -0.377 e. The maximum absolute atomic E-state index is 11.8. The van der Waals surface area contributed by atoms with Gasteiger partial charge in [0.2, 0.25) is 0 Å². The molecule has 0 saturated carbocycles. The molecule has 0 saturated heterocycles. The largest absolute Gasteiger partial charge is 0.389 e. The molecule has 5 heteroatoms. The Kier molecular flexibility index (Phi) is 5.11. The number of hydrogen-bond acceptors (Lipinski definition) is 2. The first kappa shape index (κ1) is 12.5. The first-order valence-electron chi connectivity index (χ1n) is 5.11. The van der Waals surface area contributed by atoms with Gasteiger partial charge < -0.3 is 10.1 Å². The molecule has 1 aliphatic heterocycles. The summed E-state index contributed by atoms with van der Waals surface area (Å²) in [6.07, 6.45) is -1.80. The Morgan fingerprint density at radius 2 is 2.20 bits per heavy atom. The van der Waals surface area contributed by atoms with Crippen molar-refractivity contribution in [1.82, 2.24) is 5.32 Å². The predicted molar refractivity (Wildman–Crippen MR) is 51.7 cm³/mol. The van der Waals surface area contributed by atoms with E-state index in [1.54, 1.807) is 0 Å². The lowest BCUT2D eigenvalue weighted by Crippen LogP contribution is -2.22. The van der Waals surface area contributed by atoms with Crippen LogP contribution < -0.4 is 5.32 Å². The molecule has 1 aliphatic rings. The Morgan fingerprint density at radius 3 is 2.80 bits per heavy atom. The average Bonchev–Trinajstić information content (AvgIpc) is 2.17. The highest BCUT2D eigenvalue weighted by Gasteiger charge is 2.25. The molecule has 1 rings (SSSR count). The smallest absolute Gasteiger partial charge is 0.377 e. The number of hydrogen-bond donors (Lipinski definition) is 1. The maximum atomic E-state index is 11.8. The van der Waals surface area contributed by atoms with E-state index >= 15 is 0 Å². The summed E-state index contributed by atoms with van der Waals surface area (Å²) in [7, 11) is 0. The zero-order chi connectivity index (χ0) is 11.1. The van der Waals surface area contributed by atoms with Gasteiger partial charge in [-0.25, -0.2) is 0 Å². The Labute approximate surface area is 87.5 Å². The minimum atomic E-state index is -4.06. The van der Waals surface area contributed by atoms with E-state index in [0.717, 1.165) is 19.5 Å². The summed E-state index contributed by atoms with van der Waals surface area (Å²) in [5.74, 6) is 0. The van der Waals surface area contributed by atoms with Crippen molar-refractivity contribution >= 4 is 0 Å². The second kappa shape index (κ2) is 6.12. The standard InChI is InChI=1S/C10H16F3NO/c11-10(12,13)4-1-7-15-8-9-2-5-14-6-3-9/h2,14H,1,3-8H2. The fourth-order valence-electron chi connectivity index (χ4n) is 1.38. The molecule has 0 spiro atoms. The van der Waals surface area contributed by atoms with Crippen LogP contribution in [0.2, 0.25) is 0 Å². The third-order valence-electron chi connectivity index (χ3n) is 2.19. The minimum absolute atomic E-state index is 0.0506. The SMILES string of the molecule is FC(F)(F)CCCOCC1=CCNCC1. The highest BCUT2D eigenvalue weighted by molar-refractivity contribution is 5.06. The fraction of sp³-hybridized carbons (Fsp3) is 0.800. The molecule has 0 aliphatic carbocycles. The van der Waals surface area contributed by atoms with E-state index in [1.807, 2.05) is 6.08 Å². The quantitative estimate of drug-likeness (QED) is 0.570. The van der Waals surface area contributed by atoms with Crippen LogP contribution in [0.4, 0.5) is 13.2 Å². The van der Waals surface area contributed by atoms with Gasteiger partial charge in [0.15, 0.2) is 0 Å². The molecule has 0 aromatic heterocycles. The van der Waals surface area contributed by atoms with Gasteiger partial charge in [-0.15, -0.1) is 0 Å². The van der Waals surface area contributed by atoms with Crippen molar-refractivity contribution < 1.29 is 17.9 Å². The fourth-order valence-corrected chi connectivity index (χ4v) is 1.38. The Bertz CT molecular complexity index is 213. The van der Waals surface area contributed by atoms with Crippen LogP contribution in [-0.2, 0) is 4.74 Å². The van der Waals surface area contributed by atoms with Crippen molar-refractivity contribution in [2.24, 2.45) is 0 Å². The van der Waals surface area contributed by atoms with E-state index in [-0.39, 0.29) is 13.0 Å².